The van der Waals surface area contributed by atoms with E-state index in [4.69, 9.17) is 4.74 Å². The number of rotatable bonds is 2. The molecule has 2 aliphatic rings. The van der Waals surface area contributed by atoms with Crippen LogP contribution in [0.2, 0.25) is 0 Å². The molecule has 0 bridgehead atoms. The number of hydrogen-bond acceptors (Lipinski definition) is 2. The minimum absolute atomic E-state index is 0.163. The van der Waals surface area contributed by atoms with Gasteiger partial charge in [0.1, 0.15) is 0 Å². The fourth-order valence-electron chi connectivity index (χ4n) is 3.32. The van der Waals surface area contributed by atoms with Crippen molar-refractivity contribution in [3.63, 3.8) is 0 Å². The Labute approximate surface area is 128 Å². The second-order valence-corrected chi connectivity index (χ2v) is 6.86. The number of amides is 1. The molecule has 1 amide bonds. The van der Waals surface area contributed by atoms with Gasteiger partial charge in [-0.05, 0) is 55.4 Å². The molecule has 0 unspecified atom stereocenters. The van der Waals surface area contributed by atoms with Gasteiger partial charge in [-0.25, -0.2) is 0 Å². The van der Waals surface area contributed by atoms with E-state index in [-0.39, 0.29) is 5.91 Å². The summed E-state index contributed by atoms with van der Waals surface area (Å²) in [5.41, 5.74) is 1.91. The lowest BCUT2D eigenvalue weighted by atomic mass is 9.91. The monoisotopic (exact) mass is 337 g/mol. The van der Waals surface area contributed by atoms with E-state index in [0.717, 1.165) is 54.7 Å². The Morgan fingerprint density at radius 3 is 2.85 bits per heavy atom. The van der Waals surface area contributed by atoms with E-state index in [1.165, 1.54) is 0 Å². The Hall–Kier alpha value is -0.870. The topological polar surface area (TPSA) is 29.5 Å². The maximum Gasteiger partial charge on any atom is 0.253 e. The van der Waals surface area contributed by atoms with Crippen molar-refractivity contribution in [2.24, 2.45) is 11.8 Å². The summed E-state index contributed by atoms with van der Waals surface area (Å²) in [6.07, 6.45) is 2.27. The fraction of sp³-hybridized carbons (Fsp3) is 0.562. The minimum Gasteiger partial charge on any atom is -0.381 e. The Morgan fingerprint density at radius 1 is 1.30 bits per heavy atom. The van der Waals surface area contributed by atoms with Crippen LogP contribution in [0.5, 0.6) is 0 Å². The van der Waals surface area contributed by atoms with E-state index >= 15 is 0 Å². The highest BCUT2D eigenvalue weighted by Gasteiger charge is 2.34. The van der Waals surface area contributed by atoms with Crippen molar-refractivity contribution in [2.45, 2.75) is 19.8 Å². The summed E-state index contributed by atoms with van der Waals surface area (Å²) >= 11 is 3.47. The van der Waals surface area contributed by atoms with E-state index in [9.17, 15) is 4.79 Å². The Balaban J connectivity index is 1.68. The number of carbonyl (C=O) groups is 1. The maximum atomic E-state index is 12.6. The van der Waals surface area contributed by atoms with Crippen LogP contribution in [0.1, 0.15) is 28.8 Å². The molecule has 2 fully saturated rings. The van der Waals surface area contributed by atoms with Gasteiger partial charge in [0.05, 0.1) is 0 Å². The highest BCUT2D eigenvalue weighted by Crippen LogP contribution is 2.31. The van der Waals surface area contributed by atoms with Gasteiger partial charge in [-0.1, -0.05) is 15.9 Å². The van der Waals surface area contributed by atoms with E-state index in [1.807, 2.05) is 30.0 Å². The van der Waals surface area contributed by atoms with Crippen LogP contribution in [0, 0.1) is 18.8 Å². The van der Waals surface area contributed by atoms with Crippen LogP contribution >= 0.6 is 15.9 Å². The SMILES string of the molecule is Cc1cc(Br)cc(C(=O)N2CC[C@H]([C@H]3CCOC3)C2)c1. The zero-order valence-corrected chi connectivity index (χ0v) is 13.4. The molecule has 2 atom stereocenters. The lowest BCUT2D eigenvalue weighted by Crippen LogP contribution is -2.30. The first-order chi connectivity index (χ1) is 9.63. The van der Waals surface area contributed by atoms with Crippen molar-refractivity contribution in [2.75, 3.05) is 26.3 Å². The summed E-state index contributed by atoms with van der Waals surface area (Å²) < 4.78 is 6.44. The molecule has 1 aromatic rings. The average molecular weight is 338 g/mol. The van der Waals surface area contributed by atoms with Crippen LogP contribution in [-0.2, 0) is 4.74 Å². The van der Waals surface area contributed by atoms with E-state index in [2.05, 4.69) is 15.9 Å². The average Bonchev–Trinajstić information content (AvgIpc) is 3.07. The first-order valence-corrected chi connectivity index (χ1v) is 8.07. The van der Waals surface area contributed by atoms with Crippen LogP contribution in [0.25, 0.3) is 0 Å². The number of benzene rings is 1. The second kappa shape index (κ2) is 5.86. The van der Waals surface area contributed by atoms with Crippen molar-refractivity contribution in [3.05, 3.63) is 33.8 Å². The van der Waals surface area contributed by atoms with E-state index < -0.39 is 0 Å². The molecule has 2 aliphatic heterocycles. The maximum absolute atomic E-state index is 12.6. The Morgan fingerprint density at radius 2 is 2.15 bits per heavy atom. The van der Waals surface area contributed by atoms with Crippen LogP contribution < -0.4 is 0 Å². The van der Waals surface area contributed by atoms with Crippen LogP contribution in [0.15, 0.2) is 22.7 Å². The molecular formula is C16H20BrNO2. The predicted molar refractivity (Wildman–Crippen MR) is 81.8 cm³/mol. The summed E-state index contributed by atoms with van der Waals surface area (Å²) in [7, 11) is 0. The molecule has 0 aromatic heterocycles. The molecule has 3 rings (SSSR count). The van der Waals surface area contributed by atoms with Crippen molar-refractivity contribution in [1.82, 2.24) is 4.90 Å². The van der Waals surface area contributed by atoms with Crippen LogP contribution in [-0.4, -0.2) is 37.1 Å². The molecule has 2 saturated heterocycles. The van der Waals surface area contributed by atoms with E-state index in [0.29, 0.717) is 11.8 Å². The largest absolute Gasteiger partial charge is 0.381 e. The number of ether oxygens (including phenoxy) is 1. The number of aryl methyl sites for hydroxylation is 1. The molecule has 3 nitrogen and oxygen atoms in total. The highest BCUT2D eigenvalue weighted by molar-refractivity contribution is 9.10. The molecule has 0 spiro atoms. The standard InChI is InChI=1S/C16H20BrNO2/c1-11-6-14(8-15(17)7-11)16(19)18-4-2-12(9-18)13-3-5-20-10-13/h6-8,12-13H,2-5,9-10H2,1H3/t12-,13-/m0/s1. The molecule has 108 valence electrons. The molecule has 2 heterocycles. The zero-order chi connectivity index (χ0) is 14.1. The Kier molecular flexibility index (Phi) is 4.13. The lowest BCUT2D eigenvalue weighted by molar-refractivity contribution is 0.0780. The third-order valence-corrected chi connectivity index (χ3v) is 4.89. The highest BCUT2D eigenvalue weighted by atomic mass is 79.9. The zero-order valence-electron chi connectivity index (χ0n) is 11.8. The molecule has 20 heavy (non-hydrogen) atoms. The Bertz CT molecular complexity index is 491. The molecule has 0 N–H and O–H groups in total. The fourth-order valence-corrected chi connectivity index (χ4v) is 3.93. The first kappa shape index (κ1) is 14.1. The second-order valence-electron chi connectivity index (χ2n) is 5.94. The molecule has 1 aromatic carbocycles. The van der Waals surface area contributed by atoms with Gasteiger partial charge in [0.15, 0.2) is 0 Å². The molecule has 0 saturated carbocycles. The van der Waals surface area contributed by atoms with Gasteiger partial charge in [-0.2, -0.15) is 0 Å². The summed E-state index contributed by atoms with van der Waals surface area (Å²) in [5.74, 6) is 1.43. The van der Waals surface area contributed by atoms with Crippen LogP contribution in [0.3, 0.4) is 0 Å². The summed E-state index contributed by atoms with van der Waals surface area (Å²) in [4.78, 5) is 14.6. The van der Waals surface area contributed by atoms with Crippen molar-refractivity contribution in [3.8, 4) is 0 Å². The molecule has 4 heteroatoms. The number of carbonyl (C=O) groups excluding carboxylic acids is 1. The number of nitrogens with zero attached hydrogens (tertiary/aromatic N) is 1. The third kappa shape index (κ3) is 2.91. The van der Waals surface area contributed by atoms with Gasteiger partial charge in [-0.3, -0.25) is 4.79 Å². The third-order valence-electron chi connectivity index (χ3n) is 4.43. The quantitative estimate of drug-likeness (QED) is 0.828. The number of halogens is 1. The summed E-state index contributed by atoms with van der Waals surface area (Å²) in [6.45, 7) is 5.55. The molecule has 0 aliphatic carbocycles. The first-order valence-electron chi connectivity index (χ1n) is 7.27. The smallest absolute Gasteiger partial charge is 0.253 e. The van der Waals surface area contributed by atoms with E-state index in [1.54, 1.807) is 0 Å². The predicted octanol–water partition coefficient (Wildman–Crippen LogP) is 3.26. The van der Waals surface area contributed by atoms with Gasteiger partial charge in [-0.15, -0.1) is 0 Å². The number of likely N-dealkylation sites (tertiary alicyclic amines) is 1. The summed E-state index contributed by atoms with van der Waals surface area (Å²) in [5, 5.41) is 0. The van der Waals surface area contributed by atoms with Crippen molar-refractivity contribution >= 4 is 21.8 Å². The molecular weight excluding hydrogens is 318 g/mol. The van der Waals surface area contributed by atoms with Gasteiger partial charge in [0.2, 0.25) is 0 Å². The normalized spacial score (nSPS) is 26.2. The van der Waals surface area contributed by atoms with Gasteiger partial charge < -0.3 is 9.64 Å². The lowest BCUT2D eigenvalue weighted by Gasteiger charge is -2.19. The van der Waals surface area contributed by atoms with Gasteiger partial charge >= 0.3 is 0 Å². The van der Waals surface area contributed by atoms with Gasteiger partial charge in [0.25, 0.3) is 5.91 Å². The minimum atomic E-state index is 0.163. The van der Waals surface area contributed by atoms with Crippen LogP contribution in [0.4, 0.5) is 0 Å². The molecule has 0 radical (unpaired) electrons. The van der Waals surface area contributed by atoms with Crippen molar-refractivity contribution in [1.29, 1.82) is 0 Å². The van der Waals surface area contributed by atoms with Crippen molar-refractivity contribution < 1.29 is 9.53 Å². The number of hydrogen-bond donors (Lipinski definition) is 0. The summed E-state index contributed by atoms with van der Waals surface area (Å²) in [6, 6.07) is 5.92. The van der Waals surface area contributed by atoms with Gasteiger partial charge in [0, 0.05) is 36.3 Å².